The average molecular weight is 301 g/mol. The van der Waals surface area contributed by atoms with Crippen LogP contribution in [-0.2, 0) is 16.6 Å². The second kappa shape index (κ2) is 5.28. The van der Waals surface area contributed by atoms with Gasteiger partial charge in [0.1, 0.15) is 10.0 Å². The number of halogens is 1. The zero-order valence-electron chi connectivity index (χ0n) is 10.1. The van der Waals surface area contributed by atoms with Crippen LogP contribution in [0.15, 0.2) is 34.5 Å². The molecule has 0 bridgehead atoms. The molecule has 2 N–H and O–H groups in total. The Morgan fingerprint density at radius 3 is 2.47 bits per heavy atom. The number of anilines is 1. The largest absolute Gasteiger partial charge is 0.391 e. The molecule has 0 amide bonds. The van der Waals surface area contributed by atoms with E-state index in [1.165, 1.54) is 30.3 Å². The molecule has 0 saturated carbocycles. The van der Waals surface area contributed by atoms with Crippen molar-refractivity contribution in [2.45, 2.75) is 17.7 Å². The maximum Gasteiger partial charge on any atom is 0.271 e. The molecule has 4 nitrogen and oxygen atoms in total. The summed E-state index contributed by atoms with van der Waals surface area (Å²) in [5.41, 5.74) is 1.02. The van der Waals surface area contributed by atoms with Gasteiger partial charge in [-0.2, -0.15) is 0 Å². The Balaban J connectivity index is 2.29. The molecule has 0 aliphatic rings. The summed E-state index contributed by atoms with van der Waals surface area (Å²) >= 11 is 1.01. The van der Waals surface area contributed by atoms with Crippen molar-refractivity contribution in [2.75, 3.05) is 4.72 Å². The first kappa shape index (κ1) is 14.0. The van der Waals surface area contributed by atoms with E-state index in [2.05, 4.69) is 4.72 Å². The molecule has 0 radical (unpaired) electrons. The van der Waals surface area contributed by atoms with Crippen molar-refractivity contribution in [3.05, 3.63) is 46.6 Å². The standard InChI is InChI=1S/C12H12FNO3S2/c1-8-6-12(18-11(8)7-15)19(16,17)14-10-4-2-9(13)3-5-10/h2-6,14-15H,7H2,1H3. The fraction of sp³-hybridized carbons (Fsp3) is 0.167. The highest BCUT2D eigenvalue weighted by Crippen LogP contribution is 2.27. The molecule has 19 heavy (non-hydrogen) atoms. The summed E-state index contributed by atoms with van der Waals surface area (Å²) in [6.45, 7) is 1.54. The summed E-state index contributed by atoms with van der Waals surface area (Å²) in [6.07, 6.45) is 0. The zero-order valence-corrected chi connectivity index (χ0v) is 11.7. The van der Waals surface area contributed by atoms with Crippen molar-refractivity contribution in [1.82, 2.24) is 0 Å². The van der Waals surface area contributed by atoms with Gasteiger partial charge in [-0.15, -0.1) is 11.3 Å². The lowest BCUT2D eigenvalue weighted by Gasteiger charge is -2.05. The van der Waals surface area contributed by atoms with E-state index in [0.29, 0.717) is 4.88 Å². The molecule has 1 aromatic heterocycles. The topological polar surface area (TPSA) is 66.4 Å². The van der Waals surface area contributed by atoms with Crippen LogP contribution in [0.4, 0.5) is 10.1 Å². The van der Waals surface area contributed by atoms with Gasteiger partial charge in [-0.1, -0.05) is 0 Å². The number of aryl methyl sites for hydroxylation is 1. The Hall–Kier alpha value is -1.44. The van der Waals surface area contributed by atoms with Gasteiger partial charge in [-0.05, 0) is 42.8 Å². The summed E-state index contributed by atoms with van der Waals surface area (Å²) < 4.78 is 39.4. The number of aliphatic hydroxyl groups excluding tert-OH is 1. The van der Waals surface area contributed by atoms with Gasteiger partial charge in [0.15, 0.2) is 0 Å². The van der Waals surface area contributed by atoms with Crippen molar-refractivity contribution in [2.24, 2.45) is 0 Å². The van der Waals surface area contributed by atoms with Crippen LogP contribution in [0.3, 0.4) is 0 Å². The molecule has 0 spiro atoms. The number of thiophene rings is 1. The minimum atomic E-state index is -3.70. The summed E-state index contributed by atoms with van der Waals surface area (Å²) in [5.74, 6) is -0.433. The number of nitrogens with one attached hydrogen (secondary N) is 1. The van der Waals surface area contributed by atoms with E-state index in [1.54, 1.807) is 6.92 Å². The third-order valence-corrected chi connectivity index (χ3v) is 5.58. The normalized spacial score (nSPS) is 11.5. The van der Waals surface area contributed by atoms with E-state index in [9.17, 15) is 12.8 Å². The van der Waals surface area contributed by atoms with Crippen molar-refractivity contribution < 1.29 is 17.9 Å². The smallest absolute Gasteiger partial charge is 0.271 e. The van der Waals surface area contributed by atoms with Gasteiger partial charge < -0.3 is 5.11 Å². The van der Waals surface area contributed by atoms with E-state index >= 15 is 0 Å². The molecule has 7 heteroatoms. The van der Waals surface area contributed by atoms with E-state index in [-0.39, 0.29) is 16.5 Å². The summed E-state index contributed by atoms with van der Waals surface area (Å²) in [6, 6.07) is 6.55. The molecule has 2 rings (SSSR count). The summed E-state index contributed by atoms with van der Waals surface area (Å²) in [7, 11) is -3.70. The first-order valence-electron chi connectivity index (χ1n) is 5.41. The average Bonchev–Trinajstić information content (AvgIpc) is 2.74. The second-order valence-electron chi connectivity index (χ2n) is 3.94. The number of rotatable bonds is 4. The highest BCUT2D eigenvalue weighted by atomic mass is 32.2. The van der Waals surface area contributed by atoms with Crippen LogP contribution < -0.4 is 4.72 Å². The Labute approximate surface area is 114 Å². The molecule has 1 aromatic carbocycles. The van der Waals surface area contributed by atoms with E-state index in [0.717, 1.165) is 16.9 Å². The predicted molar refractivity (Wildman–Crippen MR) is 72.2 cm³/mol. The fourth-order valence-corrected chi connectivity index (χ4v) is 4.01. The van der Waals surface area contributed by atoms with Crippen LogP contribution in [0.2, 0.25) is 0 Å². The van der Waals surface area contributed by atoms with E-state index < -0.39 is 15.8 Å². The monoisotopic (exact) mass is 301 g/mol. The van der Waals surface area contributed by atoms with Gasteiger partial charge in [0.05, 0.1) is 6.61 Å². The van der Waals surface area contributed by atoms with E-state index in [4.69, 9.17) is 5.11 Å². The highest BCUT2D eigenvalue weighted by molar-refractivity contribution is 7.94. The van der Waals surface area contributed by atoms with Gasteiger partial charge in [0.25, 0.3) is 10.0 Å². The first-order valence-corrected chi connectivity index (χ1v) is 7.71. The highest BCUT2D eigenvalue weighted by Gasteiger charge is 2.18. The Morgan fingerprint density at radius 1 is 1.32 bits per heavy atom. The molecule has 0 fully saturated rings. The van der Waals surface area contributed by atoms with Crippen molar-refractivity contribution >= 4 is 27.0 Å². The van der Waals surface area contributed by atoms with Gasteiger partial charge in [-0.3, -0.25) is 4.72 Å². The molecule has 0 saturated heterocycles. The lowest BCUT2D eigenvalue weighted by atomic mass is 10.3. The minimum Gasteiger partial charge on any atom is -0.391 e. The van der Waals surface area contributed by atoms with Crippen LogP contribution >= 0.6 is 11.3 Å². The maximum absolute atomic E-state index is 12.7. The summed E-state index contributed by atoms with van der Waals surface area (Å²) in [4.78, 5) is 0.611. The fourth-order valence-electron chi connectivity index (χ4n) is 1.50. The van der Waals surface area contributed by atoms with Crippen molar-refractivity contribution in [3.63, 3.8) is 0 Å². The maximum atomic E-state index is 12.7. The number of sulfonamides is 1. The number of hydrogen-bond donors (Lipinski definition) is 2. The van der Waals surface area contributed by atoms with Gasteiger partial charge in [0, 0.05) is 10.6 Å². The van der Waals surface area contributed by atoms with Crippen LogP contribution in [0.1, 0.15) is 10.4 Å². The lowest BCUT2D eigenvalue weighted by Crippen LogP contribution is -2.11. The van der Waals surface area contributed by atoms with Crippen LogP contribution in [-0.4, -0.2) is 13.5 Å². The molecular weight excluding hydrogens is 289 g/mol. The second-order valence-corrected chi connectivity index (χ2v) is 6.99. The lowest BCUT2D eigenvalue weighted by molar-refractivity contribution is 0.285. The third kappa shape index (κ3) is 3.12. The Morgan fingerprint density at radius 2 is 1.95 bits per heavy atom. The van der Waals surface area contributed by atoms with Crippen molar-refractivity contribution in [3.8, 4) is 0 Å². The minimum absolute atomic E-state index is 0.123. The molecule has 102 valence electrons. The van der Waals surface area contributed by atoms with E-state index in [1.807, 2.05) is 0 Å². The van der Waals surface area contributed by atoms with Crippen LogP contribution in [0.25, 0.3) is 0 Å². The number of aliphatic hydroxyl groups is 1. The number of hydrogen-bond acceptors (Lipinski definition) is 4. The summed E-state index contributed by atoms with van der Waals surface area (Å²) in [5, 5.41) is 9.07. The molecule has 0 atom stereocenters. The molecule has 0 unspecified atom stereocenters. The van der Waals surface area contributed by atoms with Crippen LogP contribution in [0, 0.1) is 12.7 Å². The first-order chi connectivity index (χ1) is 8.92. The molecular formula is C12H12FNO3S2. The number of benzene rings is 1. The quantitative estimate of drug-likeness (QED) is 0.912. The third-order valence-electron chi connectivity index (χ3n) is 2.50. The molecule has 0 aliphatic heterocycles. The van der Waals surface area contributed by atoms with Gasteiger partial charge in [-0.25, -0.2) is 12.8 Å². The zero-order chi connectivity index (χ0) is 14.0. The molecule has 1 heterocycles. The van der Waals surface area contributed by atoms with Crippen molar-refractivity contribution in [1.29, 1.82) is 0 Å². The van der Waals surface area contributed by atoms with Gasteiger partial charge in [0.2, 0.25) is 0 Å². The molecule has 0 aliphatic carbocycles. The van der Waals surface area contributed by atoms with Crippen LogP contribution in [0.5, 0.6) is 0 Å². The Kier molecular flexibility index (Phi) is 3.88. The SMILES string of the molecule is Cc1cc(S(=O)(=O)Nc2ccc(F)cc2)sc1CO. The predicted octanol–water partition coefficient (Wildman–Crippen LogP) is 2.49. The van der Waals surface area contributed by atoms with Gasteiger partial charge >= 0.3 is 0 Å². The Bertz CT molecular complexity index is 678. The molecule has 2 aromatic rings.